The maximum absolute atomic E-state index is 10.9. The standard InChI is InChI=1S/C12H17NO3/c1-3-9-4-6-10(7-5-9)13-11(8-16-2)12(14)15/h4-7,11,13H,3,8H2,1-2H3,(H,14,15). The Bertz CT molecular complexity index is 335. The van der Waals surface area contributed by atoms with E-state index in [2.05, 4.69) is 12.2 Å². The van der Waals surface area contributed by atoms with Gasteiger partial charge in [0.25, 0.3) is 0 Å². The number of ether oxygens (including phenoxy) is 1. The van der Waals surface area contributed by atoms with Crippen molar-refractivity contribution in [3.63, 3.8) is 0 Å². The van der Waals surface area contributed by atoms with Crippen molar-refractivity contribution in [3.8, 4) is 0 Å². The van der Waals surface area contributed by atoms with Crippen LogP contribution in [0.25, 0.3) is 0 Å². The maximum atomic E-state index is 10.9. The van der Waals surface area contributed by atoms with Gasteiger partial charge in [0.1, 0.15) is 6.04 Å². The van der Waals surface area contributed by atoms with E-state index in [-0.39, 0.29) is 6.61 Å². The minimum atomic E-state index is -0.915. The molecule has 1 rings (SSSR count). The number of aryl methyl sites for hydroxylation is 1. The van der Waals surface area contributed by atoms with Gasteiger partial charge in [0.05, 0.1) is 6.61 Å². The van der Waals surface area contributed by atoms with E-state index in [0.717, 1.165) is 12.1 Å². The second-order valence-corrected chi connectivity index (χ2v) is 3.54. The van der Waals surface area contributed by atoms with Crippen LogP contribution in [-0.2, 0) is 16.0 Å². The summed E-state index contributed by atoms with van der Waals surface area (Å²) in [6, 6.07) is 7.01. The molecule has 4 nitrogen and oxygen atoms in total. The molecule has 0 heterocycles. The Morgan fingerprint density at radius 2 is 2.06 bits per heavy atom. The summed E-state index contributed by atoms with van der Waals surface area (Å²) in [6.45, 7) is 2.22. The van der Waals surface area contributed by atoms with Crippen LogP contribution in [0.5, 0.6) is 0 Å². The van der Waals surface area contributed by atoms with Gasteiger partial charge in [0.15, 0.2) is 0 Å². The molecule has 0 saturated carbocycles. The molecule has 0 aliphatic heterocycles. The lowest BCUT2D eigenvalue weighted by Gasteiger charge is -2.14. The Morgan fingerprint density at radius 3 is 2.50 bits per heavy atom. The van der Waals surface area contributed by atoms with Crippen LogP contribution in [0.15, 0.2) is 24.3 Å². The summed E-state index contributed by atoms with van der Waals surface area (Å²) in [4.78, 5) is 10.9. The number of hydrogen-bond donors (Lipinski definition) is 2. The van der Waals surface area contributed by atoms with Crippen molar-refractivity contribution in [3.05, 3.63) is 29.8 Å². The highest BCUT2D eigenvalue weighted by atomic mass is 16.5. The largest absolute Gasteiger partial charge is 0.480 e. The Balaban J connectivity index is 2.65. The molecule has 0 aliphatic carbocycles. The topological polar surface area (TPSA) is 58.6 Å². The number of carboxylic acid groups (broad SMARTS) is 1. The number of carbonyl (C=O) groups is 1. The van der Waals surface area contributed by atoms with E-state index in [0.29, 0.717) is 0 Å². The van der Waals surface area contributed by atoms with Crippen LogP contribution in [-0.4, -0.2) is 30.8 Å². The number of aliphatic carboxylic acids is 1. The van der Waals surface area contributed by atoms with Gasteiger partial charge in [-0.15, -0.1) is 0 Å². The summed E-state index contributed by atoms with van der Waals surface area (Å²) < 4.78 is 4.84. The highest BCUT2D eigenvalue weighted by molar-refractivity contribution is 5.77. The lowest BCUT2D eigenvalue weighted by molar-refractivity contribution is -0.139. The first-order chi connectivity index (χ1) is 7.67. The van der Waals surface area contributed by atoms with Crippen molar-refractivity contribution in [1.29, 1.82) is 0 Å². The zero-order valence-electron chi connectivity index (χ0n) is 9.56. The van der Waals surface area contributed by atoms with Crippen LogP contribution < -0.4 is 5.32 Å². The lowest BCUT2D eigenvalue weighted by atomic mass is 10.1. The Morgan fingerprint density at radius 1 is 1.44 bits per heavy atom. The van der Waals surface area contributed by atoms with Crippen LogP contribution in [0.4, 0.5) is 5.69 Å². The first-order valence-electron chi connectivity index (χ1n) is 5.24. The third-order valence-corrected chi connectivity index (χ3v) is 2.33. The molecule has 0 radical (unpaired) electrons. The van der Waals surface area contributed by atoms with E-state index >= 15 is 0 Å². The molecule has 1 aromatic carbocycles. The molecule has 0 fully saturated rings. The Kier molecular flexibility index (Phi) is 4.79. The second kappa shape index (κ2) is 6.12. The van der Waals surface area contributed by atoms with Gasteiger partial charge in [-0.1, -0.05) is 19.1 Å². The number of anilines is 1. The van der Waals surface area contributed by atoms with Crippen molar-refractivity contribution >= 4 is 11.7 Å². The van der Waals surface area contributed by atoms with Crippen LogP contribution in [0.2, 0.25) is 0 Å². The quantitative estimate of drug-likeness (QED) is 0.771. The first-order valence-corrected chi connectivity index (χ1v) is 5.24. The summed E-state index contributed by atoms with van der Waals surface area (Å²) >= 11 is 0. The zero-order chi connectivity index (χ0) is 12.0. The minimum Gasteiger partial charge on any atom is -0.480 e. The Hall–Kier alpha value is -1.55. The molecule has 0 amide bonds. The molecule has 0 saturated heterocycles. The first kappa shape index (κ1) is 12.5. The molecule has 1 atom stereocenters. The van der Waals surface area contributed by atoms with E-state index < -0.39 is 12.0 Å². The van der Waals surface area contributed by atoms with Crippen molar-refractivity contribution < 1.29 is 14.6 Å². The monoisotopic (exact) mass is 223 g/mol. The van der Waals surface area contributed by atoms with Gasteiger partial charge in [-0.05, 0) is 24.1 Å². The van der Waals surface area contributed by atoms with Gasteiger partial charge in [-0.2, -0.15) is 0 Å². The molecular formula is C12H17NO3. The molecule has 4 heteroatoms. The van der Waals surface area contributed by atoms with Crippen LogP contribution >= 0.6 is 0 Å². The third kappa shape index (κ3) is 3.55. The second-order valence-electron chi connectivity index (χ2n) is 3.54. The van der Waals surface area contributed by atoms with Crippen molar-refractivity contribution in [1.82, 2.24) is 0 Å². The number of rotatable bonds is 6. The van der Waals surface area contributed by atoms with Gasteiger partial charge >= 0.3 is 5.97 Å². The van der Waals surface area contributed by atoms with Crippen LogP contribution in [0.1, 0.15) is 12.5 Å². The zero-order valence-corrected chi connectivity index (χ0v) is 9.56. The normalized spacial score (nSPS) is 12.1. The average Bonchev–Trinajstić information content (AvgIpc) is 2.29. The molecule has 16 heavy (non-hydrogen) atoms. The number of hydrogen-bond acceptors (Lipinski definition) is 3. The minimum absolute atomic E-state index is 0.144. The predicted molar refractivity (Wildman–Crippen MR) is 62.7 cm³/mol. The fourth-order valence-electron chi connectivity index (χ4n) is 1.38. The number of nitrogens with one attached hydrogen (secondary N) is 1. The molecule has 2 N–H and O–H groups in total. The molecule has 0 aromatic heterocycles. The van der Waals surface area contributed by atoms with E-state index in [1.54, 1.807) is 0 Å². The number of carboxylic acids is 1. The SMILES string of the molecule is CCc1ccc(NC(COC)C(=O)O)cc1. The molecule has 1 unspecified atom stereocenters. The summed E-state index contributed by atoms with van der Waals surface area (Å²) in [6.07, 6.45) is 0.973. The van der Waals surface area contributed by atoms with Gasteiger partial charge in [0, 0.05) is 12.8 Å². The van der Waals surface area contributed by atoms with E-state index in [1.807, 2.05) is 24.3 Å². The third-order valence-electron chi connectivity index (χ3n) is 2.33. The smallest absolute Gasteiger partial charge is 0.328 e. The van der Waals surface area contributed by atoms with Crippen molar-refractivity contribution in [2.75, 3.05) is 19.0 Å². The van der Waals surface area contributed by atoms with Crippen LogP contribution in [0, 0.1) is 0 Å². The van der Waals surface area contributed by atoms with Gasteiger partial charge in [0.2, 0.25) is 0 Å². The summed E-state index contributed by atoms with van der Waals surface area (Å²) in [7, 11) is 1.48. The fourth-order valence-corrected chi connectivity index (χ4v) is 1.38. The van der Waals surface area contributed by atoms with E-state index in [9.17, 15) is 4.79 Å². The molecular weight excluding hydrogens is 206 g/mol. The van der Waals surface area contributed by atoms with Crippen molar-refractivity contribution in [2.45, 2.75) is 19.4 Å². The molecule has 1 aromatic rings. The molecule has 0 aliphatic rings. The highest BCUT2D eigenvalue weighted by Crippen LogP contribution is 2.11. The van der Waals surface area contributed by atoms with Crippen molar-refractivity contribution in [2.24, 2.45) is 0 Å². The number of methoxy groups -OCH3 is 1. The molecule has 0 bridgehead atoms. The van der Waals surface area contributed by atoms with Crippen LogP contribution in [0.3, 0.4) is 0 Å². The van der Waals surface area contributed by atoms with Gasteiger partial charge in [-0.25, -0.2) is 4.79 Å². The predicted octanol–water partition coefficient (Wildman–Crippen LogP) is 1.76. The lowest BCUT2D eigenvalue weighted by Crippen LogP contribution is -2.33. The fraction of sp³-hybridized carbons (Fsp3) is 0.417. The van der Waals surface area contributed by atoms with E-state index in [1.165, 1.54) is 12.7 Å². The summed E-state index contributed by atoms with van der Waals surface area (Å²) in [5, 5.41) is 11.8. The molecule has 0 spiro atoms. The van der Waals surface area contributed by atoms with Gasteiger partial charge < -0.3 is 15.2 Å². The van der Waals surface area contributed by atoms with E-state index in [4.69, 9.17) is 9.84 Å². The van der Waals surface area contributed by atoms with Gasteiger partial charge in [-0.3, -0.25) is 0 Å². The Labute approximate surface area is 95.2 Å². The molecule has 88 valence electrons. The summed E-state index contributed by atoms with van der Waals surface area (Å²) in [5.74, 6) is -0.915. The average molecular weight is 223 g/mol. The summed E-state index contributed by atoms with van der Waals surface area (Å²) in [5.41, 5.74) is 2.02. The number of benzene rings is 1. The highest BCUT2D eigenvalue weighted by Gasteiger charge is 2.16. The maximum Gasteiger partial charge on any atom is 0.328 e.